The standard InChI is InChI=1S/C11H8ClF3N2/c1-6-9(7-4-2-3-5-8(7)12)10(17-16-6)11(13,14)15/h2-5H,1H3,(H,16,17). The molecule has 6 heteroatoms. The van der Waals surface area contributed by atoms with Gasteiger partial charge in [-0.2, -0.15) is 18.3 Å². The molecule has 0 fully saturated rings. The van der Waals surface area contributed by atoms with Gasteiger partial charge in [-0.1, -0.05) is 29.8 Å². The number of hydrogen-bond donors (Lipinski definition) is 1. The summed E-state index contributed by atoms with van der Waals surface area (Å²) < 4.78 is 38.3. The molecule has 0 aliphatic heterocycles. The summed E-state index contributed by atoms with van der Waals surface area (Å²) >= 11 is 5.90. The molecule has 1 heterocycles. The highest BCUT2D eigenvalue weighted by molar-refractivity contribution is 6.33. The molecule has 0 spiro atoms. The third-order valence-corrected chi connectivity index (χ3v) is 2.69. The Morgan fingerprint density at radius 2 is 1.88 bits per heavy atom. The van der Waals surface area contributed by atoms with Gasteiger partial charge in [0, 0.05) is 21.8 Å². The highest BCUT2D eigenvalue weighted by atomic mass is 35.5. The molecule has 0 bridgehead atoms. The van der Waals surface area contributed by atoms with Crippen LogP contribution in [0.4, 0.5) is 13.2 Å². The van der Waals surface area contributed by atoms with Crippen molar-refractivity contribution in [1.29, 1.82) is 0 Å². The molecule has 1 aromatic heterocycles. The van der Waals surface area contributed by atoms with E-state index in [0.717, 1.165) is 0 Å². The van der Waals surface area contributed by atoms with Gasteiger partial charge in [-0.25, -0.2) is 0 Å². The predicted octanol–water partition coefficient (Wildman–Crippen LogP) is 4.06. The average Bonchev–Trinajstić information content (AvgIpc) is 2.60. The maximum atomic E-state index is 12.8. The van der Waals surface area contributed by atoms with Crippen LogP contribution in [0.5, 0.6) is 0 Å². The van der Waals surface area contributed by atoms with Crippen LogP contribution < -0.4 is 0 Å². The lowest BCUT2D eigenvalue weighted by Crippen LogP contribution is -2.07. The zero-order chi connectivity index (χ0) is 12.6. The minimum atomic E-state index is -4.50. The first-order valence-electron chi connectivity index (χ1n) is 4.78. The number of hydrogen-bond acceptors (Lipinski definition) is 1. The van der Waals surface area contributed by atoms with E-state index in [1.54, 1.807) is 18.2 Å². The zero-order valence-corrected chi connectivity index (χ0v) is 9.52. The van der Waals surface area contributed by atoms with E-state index in [4.69, 9.17) is 11.6 Å². The third-order valence-electron chi connectivity index (χ3n) is 2.36. The number of aryl methyl sites for hydroxylation is 1. The fourth-order valence-corrected chi connectivity index (χ4v) is 1.86. The molecule has 2 rings (SSSR count). The van der Waals surface area contributed by atoms with Crippen molar-refractivity contribution in [2.75, 3.05) is 0 Å². The topological polar surface area (TPSA) is 28.7 Å². The minimum Gasteiger partial charge on any atom is -0.282 e. The Balaban J connectivity index is 2.68. The van der Waals surface area contributed by atoms with Crippen LogP contribution in [0.15, 0.2) is 24.3 Å². The van der Waals surface area contributed by atoms with Crippen molar-refractivity contribution in [3.8, 4) is 11.1 Å². The molecule has 1 aromatic carbocycles. The van der Waals surface area contributed by atoms with Gasteiger partial charge < -0.3 is 0 Å². The highest BCUT2D eigenvalue weighted by Crippen LogP contribution is 2.39. The van der Waals surface area contributed by atoms with Gasteiger partial charge in [0.15, 0.2) is 5.69 Å². The van der Waals surface area contributed by atoms with E-state index in [9.17, 15) is 13.2 Å². The largest absolute Gasteiger partial charge is 0.435 e. The van der Waals surface area contributed by atoms with Gasteiger partial charge >= 0.3 is 6.18 Å². The molecule has 90 valence electrons. The first-order valence-corrected chi connectivity index (χ1v) is 5.16. The molecule has 0 saturated carbocycles. The number of alkyl halides is 3. The first kappa shape index (κ1) is 12.0. The summed E-state index contributed by atoms with van der Waals surface area (Å²) in [5.74, 6) is 0. The Hall–Kier alpha value is -1.49. The Morgan fingerprint density at radius 1 is 1.24 bits per heavy atom. The van der Waals surface area contributed by atoms with E-state index in [2.05, 4.69) is 10.2 Å². The Bertz CT molecular complexity index is 546. The van der Waals surface area contributed by atoms with Crippen LogP contribution in [0.3, 0.4) is 0 Å². The van der Waals surface area contributed by atoms with E-state index in [-0.39, 0.29) is 10.6 Å². The fraction of sp³-hybridized carbons (Fsp3) is 0.182. The van der Waals surface area contributed by atoms with Crippen LogP contribution in [0.1, 0.15) is 11.4 Å². The summed E-state index contributed by atoms with van der Waals surface area (Å²) in [4.78, 5) is 0. The number of nitrogens with one attached hydrogen (secondary N) is 1. The average molecular weight is 261 g/mol. The second-order valence-corrected chi connectivity index (χ2v) is 3.96. The maximum Gasteiger partial charge on any atom is 0.435 e. The predicted molar refractivity (Wildman–Crippen MR) is 58.8 cm³/mol. The van der Waals surface area contributed by atoms with Crippen molar-refractivity contribution in [1.82, 2.24) is 10.2 Å². The van der Waals surface area contributed by atoms with Gasteiger partial charge in [0.25, 0.3) is 0 Å². The van der Waals surface area contributed by atoms with Crippen LogP contribution in [0.2, 0.25) is 5.02 Å². The van der Waals surface area contributed by atoms with Crippen molar-refractivity contribution < 1.29 is 13.2 Å². The third kappa shape index (κ3) is 2.15. The van der Waals surface area contributed by atoms with Crippen molar-refractivity contribution in [2.45, 2.75) is 13.1 Å². The van der Waals surface area contributed by atoms with Crippen molar-refractivity contribution >= 4 is 11.6 Å². The Kier molecular flexibility index (Phi) is 2.87. The highest BCUT2D eigenvalue weighted by Gasteiger charge is 2.38. The monoisotopic (exact) mass is 260 g/mol. The number of rotatable bonds is 1. The lowest BCUT2D eigenvalue weighted by molar-refractivity contribution is -0.140. The number of nitrogens with zero attached hydrogens (tertiary/aromatic N) is 1. The van der Waals surface area contributed by atoms with Crippen LogP contribution in [0, 0.1) is 6.92 Å². The molecular formula is C11H8ClF3N2. The summed E-state index contributed by atoms with van der Waals surface area (Å²) in [6, 6.07) is 6.38. The SMILES string of the molecule is Cc1[nH]nc(C(F)(F)F)c1-c1ccccc1Cl. The van der Waals surface area contributed by atoms with Crippen LogP contribution in [-0.2, 0) is 6.18 Å². The van der Waals surface area contributed by atoms with E-state index in [1.165, 1.54) is 13.0 Å². The maximum absolute atomic E-state index is 12.8. The molecule has 2 nitrogen and oxygen atoms in total. The molecule has 2 aromatic rings. The molecule has 17 heavy (non-hydrogen) atoms. The van der Waals surface area contributed by atoms with Crippen LogP contribution in [-0.4, -0.2) is 10.2 Å². The minimum absolute atomic E-state index is 0.00287. The number of H-pyrrole nitrogens is 1. The van der Waals surface area contributed by atoms with Crippen LogP contribution >= 0.6 is 11.6 Å². The lowest BCUT2D eigenvalue weighted by Gasteiger charge is -2.08. The van der Waals surface area contributed by atoms with Gasteiger partial charge in [0.2, 0.25) is 0 Å². The molecule has 1 N–H and O–H groups in total. The van der Waals surface area contributed by atoms with E-state index < -0.39 is 11.9 Å². The summed E-state index contributed by atoms with van der Waals surface area (Å²) in [6.45, 7) is 1.53. The first-order chi connectivity index (χ1) is 7.91. The van der Waals surface area contributed by atoms with E-state index in [1.807, 2.05) is 0 Å². The Labute approximate surface area is 100 Å². The van der Waals surface area contributed by atoms with Crippen LogP contribution in [0.25, 0.3) is 11.1 Å². The summed E-state index contributed by atoms with van der Waals surface area (Å²) in [6.07, 6.45) is -4.50. The number of halogens is 4. The normalized spacial score (nSPS) is 11.8. The smallest absolute Gasteiger partial charge is 0.282 e. The molecule has 0 saturated heterocycles. The Morgan fingerprint density at radius 3 is 2.47 bits per heavy atom. The van der Waals surface area contributed by atoms with Gasteiger partial charge in [-0.3, -0.25) is 5.10 Å². The molecule has 0 radical (unpaired) electrons. The van der Waals surface area contributed by atoms with Gasteiger partial charge in [-0.05, 0) is 13.0 Å². The van der Waals surface area contributed by atoms with E-state index >= 15 is 0 Å². The number of aromatic amines is 1. The van der Waals surface area contributed by atoms with E-state index in [0.29, 0.717) is 11.3 Å². The van der Waals surface area contributed by atoms with Crippen molar-refractivity contribution in [3.63, 3.8) is 0 Å². The second-order valence-electron chi connectivity index (χ2n) is 3.55. The molecular weight excluding hydrogens is 253 g/mol. The second kappa shape index (κ2) is 4.07. The summed E-state index contributed by atoms with van der Waals surface area (Å²) in [5, 5.41) is 5.90. The molecule has 0 amide bonds. The zero-order valence-electron chi connectivity index (χ0n) is 8.77. The van der Waals surface area contributed by atoms with Gasteiger partial charge in [0.05, 0.1) is 0 Å². The molecule has 0 atom stereocenters. The fourth-order valence-electron chi connectivity index (χ4n) is 1.63. The summed E-state index contributed by atoms with van der Waals surface area (Å²) in [7, 11) is 0. The van der Waals surface area contributed by atoms with Crippen molar-refractivity contribution in [2.24, 2.45) is 0 Å². The lowest BCUT2D eigenvalue weighted by atomic mass is 10.0. The number of aromatic nitrogens is 2. The molecule has 0 aliphatic rings. The van der Waals surface area contributed by atoms with Gasteiger partial charge in [-0.15, -0.1) is 0 Å². The molecule has 0 unspecified atom stereocenters. The molecule has 0 aliphatic carbocycles. The van der Waals surface area contributed by atoms with Gasteiger partial charge in [0.1, 0.15) is 0 Å². The quantitative estimate of drug-likeness (QED) is 0.823. The van der Waals surface area contributed by atoms with Crippen molar-refractivity contribution in [3.05, 3.63) is 40.7 Å². The number of benzene rings is 1. The summed E-state index contributed by atoms with van der Waals surface area (Å²) in [5.41, 5.74) is -0.274.